The maximum absolute atomic E-state index is 12.0. The van der Waals surface area contributed by atoms with E-state index in [1.54, 1.807) is 0 Å². The minimum Gasteiger partial charge on any atom is -0.381 e. The fraction of sp³-hybridized carbons (Fsp3) is 0.529. The van der Waals surface area contributed by atoms with Gasteiger partial charge in [0.2, 0.25) is 11.8 Å². The number of carbonyl (C=O) groups is 2. The number of nitrogens with one attached hydrogen (secondary N) is 2. The molecule has 2 rings (SSSR count). The van der Waals surface area contributed by atoms with Crippen LogP contribution >= 0.6 is 12.4 Å². The Morgan fingerprint density at radius 1 is 1.17 bits per heavy atom. The Balaban J connectivity index is 0.00000288. The van der Waals surface area contributed by atoms with Crippen LogP contribution in [-0.2, 0) is 19.7 Å². The molecule has 1 heterocycles. The van der Waals surface area contributed by atoms with Crippen LogP contribution in [0.4, 0.5) is 0 Å². The second-order valence-corrected chi connectivity index (χ2v) is 5.97. The molecule has 0 aromatic heterocycles. The standard InChI is InChI=1S/C17H25N3O3.ClH/c1-13-4-2-3-5-14(13)17(6-8-23-9-7-17)12-20-16(22)11-19-15(21)10-18;/h2-5H,6-12,18H2,1H3,(H,19,21)(H,20,22);1H. The number of hydrogen-bond acceptors (Lipinski definition) is 4. The van der Waals surface area contributed by atoms with Crippen LogP contribution in [0.25, 0.3) is 0 Å². The van der Waals surface area contributed by atoms with Crippen molar-refractivity contribution >= 4 is 24.2 Å². The number of halogens is 1. The highest BCUT2D eigenvalue weighted by Gasteiger charge is 2.35. The monoisotopic (exact) mass is 355 g/mol. The number of amides is 2. The van der Waals surface area contributed by atoms with E-state index < -0.39 is 0 Å². The summed E-state index contributed by atoms with van der Waals surface area (Å²) in [6.45, 7) is 3.85. The van der Waals surface area contributed by atoms with Crippen LogP contribution in [0.3, 0.4) is 0 Å². The van der Waals surface area contributed by atoms with Crippen LogP contribution in [0, 0.1) is 6.92 Å². The molecule has 7 heteroatoms. The molecule has 0 atom stereocenters. The molecule has 0 radical (unpaired) electrons. The molecule has 134 valence electrons. The summed E-state index contributed by atoms with van der Waals surface area (Å²) < 4.78 is 5.50. The smallest absolute Gasteiger partial charge is 0.239 e. The average molecular weight is 356 g/mol. The molecule has 0 saturated carbocycles. The quantitative estimate of drug-likeness (QED) is 0.698. The Morgan fingerprint density at radius 3 is 2.46 bits per heavy atom. The third-order valence-electron chi connectivity index (χ3n) is 4.42. The Bertz CT molecular complexity index is 560. The predicted molar refractivity (Wildman–Crippen MR) is 95.2 cm³/mol. The molecule has 6 nitrogen and oxygen atoms in total. The van der Waals surface area contributed by atoms with Crippen molar-refractivity contribution in [3.63, 3.8) is 0 Å². The number of ether oxygens (including phenoxy) is 1. The average Bonchev–Trinajstić information content (AvgIpc) is 2.59. The topological polar surface area (TPSA) is 93.5 Å². The third kappa shape index (κ3) is 5.19. The molecular weight excluding hydrogens is 330 g/mol. The van der Waals surface area contributed by atoms with E-state index >= 15 is 0 Å². The van der Waals surface area contributed by atoms with Gasteiger partial charge >= 0.3 is 0 Å². The molecular formula is C17H26ClN3O3. The molecule has 0 aliphatic carbocycles. The highest BCUT2D eigenvalue weighted by Crippen LogP contribution is 2.36. The van der Waals surface area contributed by atoms with Crippen LogP contribution in [0.1, 0.15) is 24.0 Å². The van der Waals surface area contributed by atoms with E-state index in [0.29, 0.717) is 19.8 Å². The lowest BCUT2D eigenvalue weighted by Gasteiger charge is -2.39. The number of rotatable bonds is 6. The van der Waals surface area contributed by atoms with Crippen molar-refractivity contribution in [2.24, 2.45) is 5.73 Å². The van der Waals surface area contributed by atoms with Gasteiger partial charge in [-0.25, -0.2) is 0 Å². The Kier molecular flexibility index (Phi) is 8.18. The van der Waals surface area contributed by atoms with Crippen LogP contribution in [0.15, 0.2) is 24.3 Å². The van der Waals surface area contributed by atoms with Crippen molar-refractivity contribution < 1.29 is 14.3 Å². The lowest BCUT2D eigenvalue weighted by molar-refractivity contribution is -0.125. The maximum atomic E-state index is 12.0. The van der Waals surface area contributed by atoms with Gasteiger partial charge in [-0.3, -0.25) is 9.59 Å². The molecule has 1 aromatic rings. The summed E-state index contributed by atoms with van der Waals surface area (Å²) in [5.41, 5.74) is 7.57. The SMILES string of the molecule is Cc1ccccc1C1(CNC(=O)CNC(=O)CN)CCOCC1.Cl. The molecule has 0 unspecified atom stereocenters. The molecule has 1 aromatic carbocycles. The lowest BCUT2D eigenvalue weighted by atomic mass is 9.72. The van der Waals surface area contributed by atoms with Gasteiger partial charge in [0.25, 0.3) is 0 Å². The Morgan fingerprint density at radius 2 is 1.83 bits per heavy atom. The Labute approximate surface area is 148 Å². The van der Waals surface area contributed by atoms with Gasteiger partial charge in [0.15, 0.2) is 0 Å². The van der Waals surface area contributed by atoms with E-state index in [2.05, 4.69) is 29.7 Å². The summed E-state index contributed by atoms with van der Waals surface area (Å²) in [5.74, 6) is -0.536. The van der Waals surface area contributed by atoms with Gasteiger partial charge in [-0.15, -0.1) is 12.4 Å². The van der Waals surface area contributed by atoms with Crippen molar-refractivity contribution in [1.29, 1.82) is 0 Å². The van der Waals surface area contributed by atoms with Gasteiger partial charge in [-0.05, 0) is 30.9 Å². The first-order valence-corrected chi connectivity index (χ1v) is 7.95. The molecule has 0 spiro atoms. The summed E-state index contributed by atoms with van der Waals surface area (Å²) in [5, 5.41) is 5.43. The van der Waals surface area contributed by atoms with Gasteiger partial charge in [-0.2, -0.15) is 0 Å². The van der Waals surface area contributed by atoms with E-state index in [1.807, 2.05) is 12.1 Å². The number of aryl methyl sites for hydroxylation is 1. The molecule has 4 N–H and O–H groups in total. The second-order valence-electron chi connectivity index (χ2n) is 5.97. The zero-order chi connectivity index (χ0) is 16.7. The fourth-order valence-corrected chi connectivity index (χ4v) is 3.05. The zero-order valence-electron chi connectivity index (χ0n) is 14.0. The summed E-state index contributed by atoms with van der Waals surface area (Å²) >= 11 is 0. The van der Waals surface area contributed by atoms with Crippen LogP contribution in [0.5, 0.6) is 0 Å². The summed E-state index contributed by atoms with van der Waals surface area (Å²) in [4.78, 5) is 23.1. The van der Waals surface area contributed by atoms with E-state index in [0.717, 1.165) is 12.8 Å². The van der Waals surface area contributed by atoms with E-state index in [-0.39, 0.29) is 42.7 Å². The summed E-state index contributed by atoms with van der Waals surface area (Å²) in [7, 11) is 0. The first-order chi connectivity index (χ1) is 11.1. The second kappa shape index (κ2) is 9.61. The normalized spacial score (nSPS) is 15.9. The van der Waals surface area contributed by atoms with Gasteiger partial charge in [-0.1, -0.05) is 24.3 Å². The van der Waals surface area contributed by atoms with Crippen LogP contribution in [0.2, 0.25) is 0 Å². The summed E-state index contributed by atoms with van der Waals surface area (Å²) in [6.07, 6.45) is 1.74. The largest absolute Gasteiger partial charge is 0.381 e. The van der Waals surface area contributed by atoms with Gasteiger partial charge in [0.05, 0.1) is 13.1 Å². The molecule has 24 heavy (non-hydrogen) atoms. The van der Waals surface area contributed by atoms with Crippen molar-refractivity contribution in [3.8, 4) is 0 Å². The summed E-state index contributed by atoms with van der Waals surface area (Å²) in [6, 6.07) is 8.27. The molecule has 2 amide bonds. The van der Waals surface area contributed by atoms with Crippen molar-refractivity contribution in [2.45, 2.75) is 25.2 Å². The van der Waals surface area contributed by atoms with E-state index in [1.165, 1.54) is 11.1 Å². The number of nitrogens with two attached hydrogens (primary N) is 1. The molecule has 0 bridgehead atoms. The third-order valence-corrected chi connectivity index (χ3v) is 4.42. The highest BCUT2D eigenvalue weighted by atomic mass is 35.5. The maximum Gasteiger partial charge on any atom is 0.239 e. The highest BCUT2D eigenvalue weighted by molar-refractivity contribution is 5.85. The first kappa shape index (κ1) is 20.4. The lowest BCUT2D eigenvalue weighted by Crippen LogP contribution is -2.47. The van der Waals surface area contributed by atoms with Gasteiger partial charge in [0.1, 0.15) is 0 Å². The van der Waals surface area contributed by atoms with Crippen LogP contribution < -0.4 is 16.4 Å². The predicted octanol–water partition coefficient (Wildman–Crippen LogP) is 0.656. The first-order valence-electron chi connectivity index (χ1n) is 7.95. The van der Waals surface area contributed by atoms with Gasteiger partial charge in [0, 0.05) is 25.2 Å². The number of hydrogen-bond donors (Lipinski definition) is 3. The van der Waals surface area contributed by atoms with E-state index in [9.17, 15) is 9.59 Å². The Hall–Kier alpha value is -1.63. The van der Waals surface area contributed by atoms with E-state index in [4.69, 9.17) is 10.5 Å². The molecule has 1 saturated heterocycles. The van der Waals surface area contributed by atoms with Gasteiger partial charge < -0.3 is 21.1 Å². The molecule has 1 aliphatic rings. The number of benzene rings is 1. The van der Waals surface area contributed by atoms with Crippen molar-refractivity contribution in [1.82, 2.24) is 10.6 Å². The zero-order valence-corrected chi connectivity index (χ0v) is 14.8. The van der Waals surface area contributed by atoms with Crippen LogP contribution in [-0.4, -0.2) is 44.7 Å². The van der Waals surface area contributed by atoms with Crippen molar-refractivity contribution in [2.75, 3.05) is 32.8 Å². The molecule has 1 fully saturated rings. The molecule has 1 aliphatic heterocycles. The fourth-order valence-electron chi connectivity index (χ4n) is 3.05. The minimum absolute atomic E-state index is 0. The number of carbonyl (C=O) groups excluding carboxylic acids is 2. The minimum atomic E-state index is -0.333. The van der Waals surface area contributed by atoms with Crippen molar-refractivity contribution in [3.05, 3.63) is 35.4 Å².